The van der Waals surface area contributed by atoms with Crippen LogP contribution in [0, 0.1) is 0 Å². The molecule has 4 aromatic rings. The van der Waals surface area contributed by atoms with E-state index in [-0.39, 0.29) is 6.54 Å². The molecule has 0 saturated carbocycles. The molecule has 2 aliphatic rings. The first kappa shape index (κ1) is 28.0. The third-order valence-corrected chi connectivity index (χ3v) is 14.8. The summed E-state index contributed by atoms with van der Waals surface area (Å²) >= 11 is 0. The normalized spacial score (nSPS) is 18.1. The van der Waals surface area contributed by atoms with E-state index in [0.717, 1.165) is 5.06 Å². The zero-order valence-corrected chi connectivity index (χ0v) is 24.6. The Bertz CT molecular complexity index is 1650. The van der Waals surface area contributed by atoms with Crippen LogP contribution in [0.25, 0.3) is 5.57 Å². The Balaban J connectivity index is 1.51. The fourth-order valence-corrected chi connectivity index (χ4v) is 13.4. The van der Waals surface area contributed by atoms with Crippen molar-refractivity contribution in [1.82, 2.24) is 14.9 Å². The molecular weight excluding hydrogens is 569 g/mol. The summed E-state index contributed by atoms with van der Waals surface area (Å²) in [4.78, 5) is 19.3. The number of allylic oxidation sites excluding steroid dienone is 1. The molecule has 2 aliphatic heterocycles. The zero-order chi connectivity index (χ0) is 29.2. The van der Waals surface area contributed by atoms with Gasteiger partial charge in [-0.15, -0.1) is 0 Å². The fraction of sp³-hybridized carbons (Fsp3) is 0.125. The molecule has 3 aromatic carbocycles. The van der Waals surface area contributed by atoms with Crippen LogP contribution >= 0.6 is 6.83 Å². The van der Waals surface area contributed by atoms with Crippen LogP contribution in [0.15, 0.2) is 133 Å². The molecule has 1 unspecified atom stereocenters. The number of rotatable bonds is 9. The van der Waals surface area contributed by atoms with Crippen molar-refractivity contribution >= 4 is 44.7 Å². The average Bonchev–Trinajstić information content (AvgIpc) is 3.26. The molecule has 3 heterocycles. The minimum atomic E-state index is -4.89. The van der Waals surface area contributed by atoms with Gasteiger partial charge >= 0.3 is 246 Å². The van der Waals surface area contributed by atoms with Gasteiger partial charge in [-0.25, -0.2) is 0 Å². The number of nitrogens with zero attached hydrogens (tertiary/aromatic N) is 3. The molecule has 2 amide bonds. The van der Waals surface area contributed by atoms with E-state index in [1.165, 1.54) is 4.90 Å². The molecular formula is C32H30N3O5PS. The third-order valence-electron chi connectivity index (χ3n) is 7.64. The van der Waals surface area contributed by atoms with Crippen LogP contribution in [-0.4, -0.2) is 48.5 Å². The predicted molar refractivity (Wildman–Crippen MR) is 166 cm³/mol. The van der Waals surface area contributed by atoms with Crippen LogP contribution in [0.1, 0.15) is 12.6 Å². The topological polar surface area (TPSA) is 89.0 Å². The Morgan fingerprint density at radius 1 is 0.833 bits per heavy atom. The van der Waals surface area contributed by atoms with Gasteiger partial charge in [-0.2, -0.15) is 0 Å². The zero-order valence-electron chi connectivity index (χ0n) is 22.9. The van der Waals surface area contributed by atoms with E-state index in [1.54, 1.807) is 12.3 Å². The predicted octanol–water partition coefficient (Wildman–Crippen LogP) is 4.76. The number of hydrogen-bond acceptors (Lipinski definition) is 6. The Hall–Kier alpha value is -4.14. The van der Waals surface area contributed by atoms with Crippen molar-refractivity contribution in [1.29, 1.82) is 0 Å². The van der Waals surface area contributed by atoms with E-state index in [4.69, 9.17) is 8.25 Å². The van der Waals surface area contributed by atoms with Crippen molar-refractivity contribution < 1.29 is 21.5 Å². The second-order valence-electron chi connectivity index (χ2n) is 10.1. The van der Waals surface area contributed by atoms with Crippen LogP contribution in [0.3, 0.4) is 0 Å². The quantitative estimate of drug-likeness (QED) is 0.258. The molecule has 0 aliphatic carbocycles. The van der Waals surface area contributed by atoms with E-state index in [1.807, 2.05) is 128 Å². The monoisotopic (exact) mass is 599 g/mol. The standard InChI is InChI=1S/C32H30N3O5PS/c1-2-24-41(26-14-6-3-7-15-26,27-16-8-4-9-17-27,28-18-10-5-11-19-28)40-42(37,38)39-35-31-25-34(32(35)36)23-21-29(31)30-20-12-13-22-33-30/h2-22,24,31H,23,25H2,1H3. The SMILES string of the molecule is CC=CP(OS(=O)(=O)ON1C(=O)N2CC=C(c3ccccn3)C1C2)(c1ccccc1)(c1ccccc1)c1ccccc1. The van der Waals surface area contributed by atoms with Gasteiger partial charge in [0, 0.05) is 0 Å². The summed E-state index contributed by atoms with van der Waals surface area (Å²) in [7, 11) is -4.89. The van der Waals surface area contributed by atoms with Gasteiger partial charge in [0.2, 0.25) is 0 Å². The summed E-state index contributed by atoms with van der Waals surface area (Å²) in [6.45, 7) is -2.00. The number of aromatic nitrogens is 1. The summed E-state index contributed by atoms with van der Waals surface area (Å²) in [6, 6.07) is 32.2. The first-order valence-electron chi connectivity index (χ1n) is 13.6. The minimum absolute atomic E-state index is 0.269. The number of hydroxylamine groups is 2. The first-order valence-corrected chi connectivity index (χ1v) is 17.1. The number of amides is 2. The number of carbonyl (C=O) groups is 1. The van der Waals surface area contributed by atoms with Crippen molar-refractivity contribution in [2.24, 2.45) is 0 Å². The number of hydrogen-bond donors (Lipinski definition) is 0. The number of carbonyl (C=O) groups excluding carboxylic acids is 1. The van der Waals surface area contributed by atoms with Crippen LogP contribution in [0.2, 0.25) is 0 Å². The molecule has 10 heteroatoms. The van der Waals surface area contributed by atoms with E-state index >= 15 is 0 Å². The van der Waals surface area contributed by atoms with E-state index in [9.17, 15) is 13.2 Å². The molecule has 42 heavy (non-hydrogen) atoms. The van der Waals surface area contributed by atoms with Crippen molar-refractivity contribution in [3.05, 3.63) is 139 Å². The van der Waals surface area contributed by atoms with Gasteiger partial charge < -0.3 is 0 Å². The second kappa shape index (κ2) is 10.9. The molecule has 0 N–H and O–H groups in total. The third kappa shape index (κ3) is 4.55. The van der Waals surface area contributed by atoms with E-state index < -0.39 is 29.3 Å². The van der Waals surface area contributed by atoms with Crippen molar-refractivity contribution in [2.45, 2.75) is 13.0 Å². The summed E-state index contributed by atoms with van der Waals surface area (Å²) in [6.07, 6.45) is 5.34. The average molecular weight is 600 g/mol. The first-order chi connectivity index (χ1) is 20.4. The Kier molecular flexibility index (Phi) is 7.29. The van der Waals surface area contributed by atoms with Crippen LogP contribution in [0.5, 0.6) is 0 Å². The maximum atomic E-state index is 14.3. The van der Waals surface area contributed by atoms with Gasteiger partial charge in [-0.1, -0.05) is 0 Å². The van der Waals surface area contributed by atoms with Crippen molar-refractivity contribution in [3.8, 4) is 0 Å². The van der Waals surface area contributed by atoms with Gasteiger partial charge in [0.25, 0.3) is 0 Å². The Morgan fingerprint density at radius 3 is 1.88 bits per heavy atom. The Labute approximate surface area is 245 Å². The van der Waals surface area contributed by atoms with Crippen molar-refractivity contribution in [2.75, 3.05) is 13.1 Å². The van der Waals surface area contributed by atoms with E-state index in [2.05, 4.69) is 4.98 Å². The number of pyridine rings is 1. The summed E-state index contributed by atoms with van der Waals surface area (Å²) < 4.78 is 40.8. The molecule has 0 spiro atoms. The molecule has 1 saturated heterocycles. The molecule has 6 rings (SSSR count). The van der Waals surface area contributed by atoms with Crippen LogP contribution in [0.4, 0.5) is 4.79 Å². The number of fused-ring (bicyclic) bond motifs is 2. The number of benzene rings is 3. The van der Waals surface area contributed by atoms with Gasteiger partial charge in [0.1, 0.15) is 0 Å². The van der Waals surface area contributed by atoms with Gasteiger partial charge in [-0.3, -0.25) is 0 Å². The molecule has 1 atom stereocenters. The number of urea groups is 1. The molecule has 1 aromatic heterocycles. The maximum absolute atomic E-state index is 14.3. The Morgan fingerprint density at radius 2 is 1.38 bits per heavy atom. The van der Waals surface area contributed by atoms with Crippen molar-refractivity contribution in [3.63, 3.8) is 0 Å². The van der Waals surface area contributed by atoms with E-state index in [0.29, 0.717) is 33.7 Å². The fourth-order valence-electron chi connectivity index (χ4n) is 5.87. The summed E-state index contributed by atoms with van der Waals surface area (Å²) in [5, 5.41) is 2.90. The molecule has 2 bridgehead atoms. The van der Waals surface area contributed by atoms with Gasteiger partial charge in [0.15, 0.2) is 0 Å². The molecule has 8 nitrogen and oxygen atoms in total. The summed E-state index contributed by atoms with van der Waals surface area (Å²) in [5.74, 6) is 1.85. The van der Waals surface area contributed by atoms with Gasteiger partial charge in [0.05, 0.1) is 0 Å². The second-order valence-corrected chi connectivity index (χ2v) is 15.7. The van der Waals surface area contributed by atoms with Gasteiger partial charge in [-0.05, 0) is 0 Å². The summed E-state index contributed by atoms with van der Waals surface area (Å²) in [5.41, 5.74) is 1.36. The molecule has 0 radical (unpaired) electrons. The van der Waals surface area contributed by atoms with Crippen LogP contribution < -0.4 is 15.9 Å². The molecule has 214 valence electrons. The van der Waals surface area contributed by atoms with Crippen LogP contribution in [-0.2, 0) is 18.7 Å². The molecule has 1 fully saturated rings.